The van der Waals surface area contributed by atoms with Crippen LogP contribution in [0.3, 0.4) is 0 Å². The van der Waals surface area contributed by atoms with Gasteiger partial charge in [-0.25, -0.2) is 4.98 Å². The average Bonchev–Trinajstić information content (AvgIpc) is 2.64. The van der Waals surface area contributed by atoms with E-state index in [2.05, 4.69) is 16.9 Å². The Bertz CT molecular complexity index is 639. The van der Waals surface area contributed by atoms with Gasteiger partial charge in [0.2, 0.25) is 0 Å². The number of nitrogens with two attached hydrogens (primary N) is 1. The van der Waals surface area contributed by atoms with Gasteiger partial charge in [-0.2, -0.15) is 0 Å². The van der Waals surface area contributed by atoms with E-state index >= 15 is 0 Å². The van der Waals surface area contributed by atoms with Crippen molar-refractivity contribution in [2.45, 2.75) is 6.42 Å². The van der Waals surface area contributed by atoms with E-state index in [1.165, 1.54) is 11.3 Å². The van der Waals surface area contributed by atoms with E-state index in [4.69, 9.17) is 5.73 Å². The lowest BCUT2D eigenvalue weighted by atomic mass is 10.2. The topological polar surface area (TPSA) is 62.5 Å². The lowest BCUT2D eigenvalue weighted by molar-refractivity contribution is 0.0768. The van der Waals surface area contributed by atoms with Gasteiger partial charge in [0.1, 0.15) is 9.71 Å². The van der Waals surface area contributed by atoms with Crippen molar-refractivity contribution in [1.29, 1.82) is 0 Å². The lowest BCUT2D eigenvalue weighted by Gasteiger charge is -2.20. The molecule has 2 aromatic rings. The summed E-state index contributed by atoms with van der Waals surface area (Å²) in [5.74, 6) is 0.0424. The molecule has 0 bridgehead atoms. The molecule has 0 atom stereocenters. The van der Waals surface area contributed by atoms with Crippen molar-refractivity contribution in [3.8, 4) is 0 Å². The van der Waals surface area contributed by atoms with Crippen LogP contribution in [-0.4, -0.2) is 53.9 Å². The van der Waals surface area contributed by atoms with Gasteiger partial charge in [0.15, 0.2) is 0 Å². The maximum Gasteiger partial charge on any atom is 0.266 e. The molecule has 0 saturated carbocycles. The third kappa shape index (κ3) is 2.36. The quantitative estimate of drug-likeness (QED) is 0.867. The highest BCUT2D eigenvalue weighted by Crippen LogP contribution is 2.32. The van der Waals surface area contributed by atoms with Gasteiger partial charge in [0.25, 0.3) is 5.91 Å². The van der Waals surface area contributed by atoms with Crippen molar-refractivity contribution in [2.24, 2.45) is 0 Å². The van der Waals surface area contributed by atoms with Crippen molar-refractivity contribution < 1.29 is 4.79 Å². The SMILES string of the molecule is CN1CCCN(C(=O)c2sc3ncccc3c2N)CC1. The number of pyridine rings is 1. The van der Waals surface area contributed by atoms with Crippen LogP contribution in [0.4, 0.5) is 5.69 Å². The van der Waals surface area contributed by atoms with Crippen LogP contribution < -0.4 is 5.73 Å². The zero-order valence-electron chi connectivity index (χ0n) is 11.5. The van der Waals surface area contributed by atoms with E-state index in [9.17, 15) is 4.79 Å². The molecule has 0 aromatic carbocycles. The highest BCUT2D eigenvalue weighted by atomic mass is 32.1. The van der Waals surface area contributed by atoms with Crippen molar-refractivity contribution >= 4 is 33.1 Å². The molecule has 20 heavy (non-hydrogen) atoms. The summed E-state index contributed by atoms with van der Waals surface area (Å²) in [6, 6.07) is 3.77. The van der Waals surface area contributed by atoms with Crippen LogP contribution in [-0.2, 0) is 0 Å². The van der Waals surface area contributed by atoms with Crippen molar-refractivity contribution in [2.75, 3.05) is 39.0 Å². The number of carbonyl (C=O) groups is 1. The van der Waals surface area contributed by atoms with Gasteiger partial charge in [-0.1, -0.05) is 0 Å². The first-order chi connectivity index (χ1) is 9.66. The lowest BCUT2D eigenvalue weighted by Crippen LogP contribution is -2.34. The van der Waals surface area contributed by atoms with Crippen LogP contribution in [0.15, 0.2) is 18.3 Å². The molecule has 0 aliphatic carbocycles. The number of anilines is 1. The molecule has 0 unspecified atom stereocenters. The first-order valence-electron chi connectivity index (χ1n) is 6.77. The smallest absolute Gasteiger partial charge is 0.266 e. The zero-order chi connectivity index (χ0) is 14.1. The predicted octanol–water partition coefficient (Wildman–Crippen LogP) is 1.66. The van der Waals surface area contributed by atoms with Gasteiger partial charge in [0, 0.05) is 31.2 Å². The molecule has 0 radical (unpaired) electrons. The highest BCUT2D eigenvalue weighted by Gasteiger charge is 2.23. The molecule has 5 nitrogen and oxygen atoms in total. The van der Waals surface area contributed by atoms with Crippen LogP contribution in [0.25, 0.3) is 10.2 Å². The normalized spacial score (nSPS) is 17.4. The maximum absolute atomic E-state index is 12.7. The minimum absolute atomic E-state index is 0.0424. The molecule has 2 aromatic heterocycles. The van der Waals surface area contributed by atoms with Crippen LogP contribution in [0.5, 0.6) is 0 Å². The Hall–Kier alpha value is -1.66. The minimum Gasteiger partial charge on any atom is -0.397 e. The maximum atomic E-state index is 12.7. The summed E-state index contributed by atoms with van der Waals surface area (Å²) in [6.45, 7) is 3.50. The van der Waals surface area contributed by atoms with E-state index in [-0.39, 0.29) is 5.91 Å². The number of nitrogen functional groups attached to an aromatic ring is 1. The Kier molecular flexibility index (Phi) is 3.58. The van der Waals surface area contributed by atoms with Crippen LogP contribution >= 0.6 is 11.3 Å². The van der Waals surface area contributed by atoms with Gasteiger partial charge in [-0.05, 0) is 32.1 Å². The van der Waals surface area contributed by atoms with E-state index in [0.717, 1.165) is 42.8 Å². The first-order valence-corrected chi connectivity index (χ1v) is 7.59. The fourth-order valence-corrected chi connectivity index (χ4v) is 3.53. The summed E-state index contributed by atoms with van der Waals surface area (Å²) in [7, 11) is 2.09. The molecule has 1 aliphatic heterocycles. The molecule has 1 fully saturated rings. The molecule has 1 aliphatic rings. The standard InChI is InChI=1S/C14H18N4OS/c1-17-6-3-7-18(9-8-17)14(19)12-11(15)10-4-2-5-16-13(10)20-12/h2,4-5H,3,6-9,15H2,1H3. The average molecular weight is 290 g/mol. The number of aromatic nitrogens is 1. The number of thiophene rings is 1. The number of likely N-dealkylation sites (N-methyl/N-ethyl adjacent to an activating group) is 1. The fraction of sp³-hybridized carbons (Fsp3) is 0.429. The molecule has 3 heterocycles. The minimum atomic E-state index is 0.0424. The van der Waals surface area contributed by atoms with Crippen molar-refractivity contribution in [1.82, 2.24) is 14.8 Å². The molecule has 0 spiro atoms. The zero-order valence-corrected chi connectivity index (χ0v) is 12.3. The molecule has 106 valence electrons. The Balaban J connectivity index is 1.90. The van der Waals surface area contributed by atoms with Gasteiger partial charge in [-0.15, -0.1) is 11.3 Å². The summed E-state index contributed by atoms with van der Waals surface area (Å²) in [5, 5.41) is 0.882. The Morgan fingerprint density at radius 3 is 3.00 bits per heavy atom. The fourth-order valence-electron chi connectivity index (χ4n) is 2.50. The Morgan fingerprint density at radius 1 is 1.35 bits per heavy atom. The summed E-state index contributed by atoms with van der Waals surface area (Å²) in [4.78, 5) is 22.6. The number of amides is 1. The Labute approximate surface area is 122 Å². The second kappa shape index (κ2) is 5.38. The summed E-state index contributed by atoms with van der Waals surface area (Å²) >= 11 is 1.39. The van der Waals surface area contributed by atoms with E-state index in [1.807, 2.05) is 17.0 Å². The Morgan fingerprint density at radius 2 is 2.20 bits per heavy atom. The second-order valence-corrected chi connectivity index (χ2v) is 6.15. The molecule has 1 saturated heterocycles. The monoisotopic (exact) mass is 290 g/mol. The summed E-state index contributed by atoms with van der Waals surface area (Å²) < 4.78 is 0. The van der Waals surface area contributed by atoms with Crippen molar-refractivity contribution in [3.63, 3.8) is 0 Å². The highest BCUT2D eigenvalue weighted by molar-refractivity contribution is 7.21. The third-order valence-corrected chi connectivity index (χ3v) is 4.82. The van der Waals surface area contributed by atoms with Gasteiger partial charge >= 0.3 is 0 Å². The molecular weight excluding hydrogens is 272 g/mol. The number of fused-ring (bicyclic) bond motifs is 1. The number of hydrogen-bond donors (Lipinski definition) is 1. The number of carbonyl (C=O) groups excluding carboxylic acids is 1. The summed E-state index contributed by atoms with van der Waals surface area (Å²) in [6.07, 6.45) is 2.73. The predicted molar refractivity (Wildman–Crippen MR) is 82.0 cm³/mol. The third-order valence-electron chi connectivity index (χ3n) is 3.71. The van der Waals surface area contributed by atoms with Gasteiger partial charge in [0.05, 0.1) is 5.69 Å². The first kappa shape index (κ1) is 13.3. The van der Waals surface area contributed by atoms with E-state index in [0.29, 0.717) is 10.6 Å². The molecular formula is C14H18N4OS. The molecule has 3 rings (SSSR count). The molecule has 1 amide bonds. The van der Waals surface area contributed by atoms with Crippen LogP contribution in [0.1, 0.15) is 16.1 Å². The molecule has 6 heteroatoms. The largest absolute Gasteiger partial charge is 0.397 e. The van der Waals surface area contributed by atoms with Crippen molar-refractivity contribution in [3.05, 3.63) is 23.2 Å². The van der Waals surface area contributed by atoms with E-state index < -0.39 is 0 Å². The number of hydrogen-bond acceptors (Lipinski definition) is 5. The van der Waals surface area contributed by atoms with Crippen LogP contribution in [0, 0.1) is 0 Å². The van der Waals surface area contributed by atoms with E-state index in [1.54, 1.807) is 6.20 Å². The van der Waals surface area contributed by atoms with Crippen LogP contribution in [0.2, 0.25) is 0 Å². The van der Waals surface area contributed by atoms with Gasteiger partial charge < -0.3 is 15.5 Å². The second-order valence-electron chi connectivity index (χ2n) is 5.15. The molecule has 2 N–H and O–H groups in total. The summed E-state index contributed by atoms with van der Waals surface area (Å²) in [5.41, 5.74) is 6.70. The van der Waals surface area contributed by atoms with Gasteiger partial charge in [-0.3, -0.25) is 4.79 Å². The number of rotatable bonds is 1. The number of nitrogens with zero attached hydrogens (tertiary/aromatic N) is 3.